The fourth-order valence-corrected chi connectivity index (χ4v) is 3.69. The van der Waals surface area contributed by atoms with E-state index in [1.54, 1.807) is 17.6 Å². The van der Waals surface area contributed by atoms with Crippen molar-refractivity contribution < 1.29 is 0 Å². The van der Waals surface area contributed by atoms with Gasteiger partial charge in [-0.2, -0.15) is 5.10 Å². The number of hydrogen-bond donors (Lipinski definition) is 1. The van der Waals surface area contributed by atoms with Crippen molar-refractivity contribution in [3.63, 3.8) is 0 Å². The van der Waals surface area contributed by atoms with Crippen molar-refractivity contribution >= 4 is 56.8 Å². The lowest BCUT2D eigenvalue weighted by Gasteiger charge is -2.05. The van der Waals surface area contributed by atoms with Crippen LogP contribution >= 0.6 is 34.5 Å². The molecule has 0 fully saturated rings. The van der Waals surface area contributed by atoms with Crippen molar-refractivity contribution in [3.05, 3.63) is 75.8 Å². The van der Waals surface area contributed by atoms with E-state index in [0.29, 0.717) is 15.9 Å². The molecule has 4 aromatic rings. The van der Waals surface area contributed by atoms with Crippen LogP contribution < -0.4 is 5.43 Å². The number of nitrogens with zero attached hydrogens (tertiary/aromatic N) is 3. The molecule has 0 spiro atoms. The largest absolute Gasteiger partial charge is 0.261 e. The van der Waals surface area contributed by atoms with Crippen LogP contribution in [0, 0.1) is 0 Å². The molecule has 2 aromatic heterocycles. The topological polar surface area (TPSA) is 50.2 Å². The number of fused-ring (bicyclic) bond motifs is 1. The second kappa shape index (κ2) is 7.41. The van der Waals surface area contributed by atoms with Gasteiger partial charge in [0.2, 0.25) is 0 Å². The minimum atomic E-state index is 0.659. The molecule has 0 aliphatic carbocycles. The minimum absolute atomic E-state index is 0.659. The minimum Gasteiger partial charge on any atom is -0.261 e. The van der Waals surface area contributed by atoms with Gasteiger partial charge in [-0.15, -0.1) is 11.3 Å². The molecule has 0 unspecified atom stereocenters. The Balaban J connectivity index is 1.67. The molecule has 2 aromatic carbocycles. The van der Waals surface area contributed by atoms with Gasteiger partial charge in [0.05, 0.1) is 11.6 Å². The molecule has 26 heavy (non-hydrogen) atoms. The summed E-state index contributed by atoms with van der Waals surface area (Å²) in [5, 5.41) is 8.70. The number of hydrogen-bond acceptors (Lipinski definition) is 5. The average molecular weight is 399 g/mol. The zero-order valence-electron chi connectivity index (χ0n) is 13.4. The third kappa shape index (κ3) is 3.55. The number of benzene rings is 2. The van der Waals surface area contributed by atoms with Gasteiger partial charge in [0, 0.05) is 21.0 Å². The fraction of sp³-hybridized carbons (Fsp3) is 0. The smallest absolute Gasteiger partial charge is 0.159 e. The summed E-state index contributed by atoms with van der Waals surface area (Å²) in [5.41, 5.74) is 6.07. The third-order valence-electron chi connectivity index (χ3n) is 3.78. The van der Waals surface area contributed by atoms with Gasteiger partial charge in [-0.1, -0.05) is 47.5 Å². The van der Waals surface area contributed by atoms with Crippen LogP contribution in [0.15, 0.2) is 65.3 Å². The van der Waals surface area contributed by atoms with E-state index in [4.69, 9.17) is 23.2 Å². The third-order valence-corrected chi connectivity index (χ3v) is 5.17. The van der Waals surface area contributed by atoms with Crippen molar-refractivity contribution in [1.29, 1.82) is 0 Å². The Morgan fingerprint density at radius 2 is 1.62 bits per heavy atom. The van der Waals surface area contributed by atoms with Crippen LogP contribution in [-0.4, -0.2) is 16.2 Å². The Kier molecular flexibility index (Phi) is 4.84. The van der Waals surface area contributed by atoms with Gasteiger partial charge in [-0.05, 0) is 35.4 Å². The molecule has 128 valence electrons. The van der Waals surface area contributed by atoms with Crippen LogP contribution in [0.1, 0.15) is 5.56 Å². The zero-order chi connectivity index (χ0) is 17.9. The maximum atomic E-state index is 6.00. The maximum Gasteiger partial charge on any atom is 0.159 e. The van der Waals surface area contributed by atoms with Gasteiger partial charge in [0.25, 0.3) is 0 Å². The Morgan fingerprint density at radius 1 is 0.923 bits per heavy atom. The Bertz CT molecular complexity index is 1070. The normalized spacial score (nSPS) is 11.3. The molecule has 2 heterocycles. The van der Waals surface area contributed by atoms with Crippen LogP contribution in [0.3, 0.4) is 0 Å². The Morgan fingerprint density at radius 3 is 2.35 bits per heavy atom. The van der Waals surface area contributed by atoms with E-state index in [1.165, 1.54) is 6.33 Å². The SMILES string of the molecule is Clc1ccc(/C=N\Nc2ncnc3scc(-c4ccc(Cl)cc4)c23)cc1. The predicted molar refractivity (Wildman–Crippen MR) is 111 cm³/mol. The first-order chi connectivity index (χ1) is 12.7. The molecule has 1 N–H and O–H groups in total. The van der Waals surface area contributed by atoms with E-state index in [0.717, 1.165) is 26.9 Å². The van der Waals surface area contributed by atoms with Crippen molar-refractivity contribution in [2.24, 2.45) is 5.10 Å². The summed E-state index contributed by atoms with van der Waals surface area (Å²) in [6, 6.07) is 15.1. The molecule has 4 nitrogen and oxygen atoms in total. The van der Waals surface area contributed by atoms with Crippen LogP contribution in [0.25, 0.3) is 21.3 Å². The van der Waals surface area contributed by atoms with Gasteiger partial charge in [-0.3, -0.25) is 5.43 Å². The number of aromatic nitrogens is 2. The van der Waals surface area contributed by atoms with Gasteiger partial charge in [0.1, 0.15) is 11.2 Å². The summed E-state index contributed by atoms with van der Waals surface area (Å²) >= 11 is 13.5. The molecule has 0 radical (unpaired) electrons. The summed E-state index contributed by atoms with van der Waals surface area (Å²) in [4.78, 5) is 9.61. The van der Waals surface area contributed by atoms with Crippen LogP contribution in [0.4, 0.5) is 5.82 Å². The van der Waals surface area contributed by atoms with E-state index in [2.05, 4.69) is 25.9 Å². The summed E-state index contributed by atoms with van der Waals surface area (Å²) in [6.07, 6.45) is 3.25. The quantitative estimate of drug-likeness (QED) is 0.333. The lowest BCUT2D eigenvalue weighted by atomic mass is 10.1. The van der Waals surface area contributed by atoms with E-state index < -0.39 is 0 Å². The maximum absolute atomic E-state index is 6.00. The molecule has 0 amide bonds. The molecule has 7 heteroatoms. The lowest BCUT2D eigenvalue weighted by molar-refractivity contribution is 1.19. The standard InChI is InChI=1S/C19H12Cl2N4S/c20-14-5-1-12(2-6-14)9-24-25-18-17-16(10-26-19(17)23-11-22-18)13-3-7-15(21)8-4-13/h1-11H,(H,22,23,25)/b24-9-. The van der Waals surface area contributed by atoms with Gasteiger partial charge < -0.3 is 0 Å². The van der Waals surface area contributed by atoms with Crippen LogP contribution in [0.5, 0.6) is 0 Å². The highest BCUT2D eigenvalue weighted by molar-refractivity contribution is 7.17. The van der Waals surface area contributed by atoms with E-state index in [-0.39, 0.29) is 0 Å². The number of nitrogens with one attached hydrogen (secondary N) is 1. The van der Waals surface area contributed by atoms with Gasteiger partial charge in [0.15, 0.2) is 5.82 Å². The summed E-state index contributed by atoms with van der Waals surface area (Å²) in [6.45, 7) is 0. The molecule has 0 bridgehead atoms. The monoisotopic (exact) mass is 398 g/mol. The molecule has 0 aliphatic rings. The first-order valence-corrected chi connectivity index (χ1v) is 9.37. The summed E-state index contributed by atoms with van der Waals surface area (Å²) in [5.74, 6) is 0.659. The first kappa shape index (κ1) is 17.0. The second-order valence-electron chi connectivity index (χ2n) is 5.48. The van der Waals surface area contributed by atoms with E-state index >= 15 is 0 Å². The summed E-state index contributed by atoms with van der Waals surface area (Å²) < 4.78 is 0. The highest BCUT2D eigenvalue weighted by atomic mass is 35.5. The van der Waals surface area contributed by atoms with Gasteiger partial charge in [-0.25, -0.2) is 9.97 Å². The van der Waals surface area contributed by atoms with Crippen molar-refractivity contribution in [1.82, 2.24) is 9.97 Å². The Labute approximate surface area is 164 Å². The first-order valence-electron chi connectivity index (χ1n) is 7.73. The highest BCUT2D eigenvalue weighted by Gasteiger charge is 2.12. The Hall–Kier alpha value is -2.47. The molecular weight excluding hydrogens is 387 g/mol. The molecule has 0 aliphatic heterocycles. The van der Waals surface area contributed by atoms with E-state index in [1.807, 2.05) is 48.5 Å². The average Bonchev–Trinajstić information content (AvgIpc) is 3.09. The highest BCUT2D eigenvalue weighted by Crippen LogP contribution is 2.36. The second-order valence-corrected chi connectivity index (χ2v) is 7.21. The van der Waals surface area contributed by atoms with Gasteiger partial charge >= 0.3 is 0 Å². The number of thiophene rings is 1. The zero-order valence-corrected chi connectivity index (χ0v) is 15.7. The molecule has 0 atom stereocenters. The molecular formula is C19H12Cl2N4S. The van der Waals surface area contributed by atoms with Crippen molar-refractivity contribution in [2.75, 3.05) is 5.43 Å². The number of hydrazone groups is 1. The van der Waals surface area contributed by atoms with Crippen molar-refractivity contribution in [3.8, 4) is 11.1 Å². The van der Waals surface area contributed by atoms with E-state index in [9.17, 15) is 0 Å². The number of anilines is 1. The lowest BCUT2D eigenvalue weighted by Crippen LogP contribution is -1.95. The number of halogens is 2. The summed E-state index contributed by atoms with van der Waals surface area (Å²) in [7, 11) is 0. The molecule has 0 saturated heterocycles. The predicted octanol–water partition coefficient (Wildman–Crippen LogP) is 6.11. The van der Waals surface area contributed by atoms with Crippen LogP contribution in [-0.2, 0) is 0 Å². The fourth-order valence-electron chi connectivity index (χ4n) is 2.52. The number of rotatable bonds is 4. The van der Waals surface area contributed by atoms with Crippen molar-refractivity contribution in [2.45, 2.75) is 0 Å². The van der Waals surface area contributed by atoms with Crippen LogP contribution in [0.2, 0.25) is 10.0 Å². The molecule has 4 rings (SSSR count). The molecule has 0 saturated carbocycles.